The minimum Gasteiger partial charge on any atom is -0.455 e. The van der Waals surface area contributed by atoms with Gasteiger partial charge in [0.2, 0.25) is 5.82 Å². The van der Waals surface area contributed by atoms with Crippen LogP contribution in [0.3, 0.4) is 0 Å². The summed E-state index contributed by atoms with van der Waals surface area (Å²) in [7, 11) is -6.72. The number of anilines is 2. The van der Waals surface area contributed by atoms with Crippen LogP contribution in [0.1, 0.15) is 112 Å². The highest BCUT2D eigenvalue weighted by Gasteiger charge is 2.50. The molecular formula is C50H61N9O7S2. The molecule has 2 aromatic carbocycles. The summed E-state index contributed by atoms with van der Waals surface area (Å²) in [6.07, 6.45) is 17.5. The van der Waals surface area contributed by atoms with E-state index < -0.39 is 41.2 Å². The van der Waals surface area contributed by atoms with Crippen molar-refractivity contribution in [1.29, 1.82) is 0 Å². The first-order valence-corrected chi connectivity index (χ1v) is 27.7. The van der Waals surface area contributed by atoms with Crippen LogP contribution in [0.25, 0.3) is 11.0 Å². The van der Waals surface area contributed by atoms with E-state index in [1.54, 1.807) is 24.4 Å². The van der Waals surface area contributed by atoms with Crippen molar-refractivity contribution >= 4 is 53.9 Å². The van der Waals surface area contributed by atoms with Crippen LogP contribution in [0, 0.1) is 21.4 Å². The van der Waals surface area contributed by atoms with Gasteiger partial charge in [0.05, 0.1) is 28.9 Å². The number of nitrogens with zero attached hydrogens (tertiary/aromatic N) is 6. The maximum absolute atomic E-state index is 14.0. The van der Waals surface area contributed by atoms with Gasteiger partial charge in [-0.1, -0.05) is 31.2 Å². The molecule has 360 valence electrons. The van der Waals surface area contributed by atoms with Crippen LogP contribution in [0.15, 0.2) is 88.5 Å². The van der Waals surface area contributed by atoms with Crippen molar-refractivity contribution in [3.05, 3.63) is 106 Å². The molecule has 2 saturated carbocycles. The first-order valence-electron chi connectivity index (χ1n) is 24.4. The summed E-state index contributed by atoms with van der Waals surface area (Å²) >= 11 is 0. The molecular weight excluding hydrogens is 903 g/mol. The van der Waals surface area contributed by atoms with Gasteiger partial charge in [0.15, 0.2) is 0 Å². The van der Waals surface area contributed by atoms with Gasteiger partial charge in [0.1, 0.15) is 22.0 Å². The third-order valence-electron chi connectivity index (χ3n) is 15.4. The molecule has 3 N–H and O–H groups in total. The van der Waals surface area contributed by atoms with E-state index >= 15 is 0 Å². The van der Waals surface area contributed by atoms with Crippen molar-refractivity contribution in [3.63, 3.8) is 0 Å². The van der Waals surface area contributed by atoms with Crippen LogP contribution in [0.5, 0.6) is 11.5 Å². The minimum absolute atomic E-state index is 0.0371. The third-order valence-corrected chi connectivity index (χ3v) is 19.2. The van der Waals surface area contributed by atoms with E-state index in [4.69, 9.17) is 9.10 Å². The van der Waals surface area contributed by atoms with Crippen molar-refractivity contribution in [2.45, 2.75) is 113 Å². The zero-order chi connectivity index (χ0) is 47.0. The first-order chi connectivity index (χ1) is 32.9. The van der Waals surface area contributed by atoms with Crippen molar-refractivity contribution < 1.29 is 27.1 Å². The van der Waals surface area contributed by atoms with Gasteiger partial charge >= 0.3 is 5.69 Å². The lowest BCUT2D eigenvalue weighted by Gasteiger charge is -2.56. The number of hydrogen-bond donors (Lipinski definition) is 3. The van der Waals surface area contributed by atoms with Gasteiger partial charge in [-0.15, -0.1) is 0 Å². The van der Waals surface area contributed by atoms with Crippen molar-refractivity contribution in [1.82, 2.24) is 24.6 Å². The van der Waals surface area contributed by atoms with Crippen LogP contribution in [0.2, 0.25) is 0 Å². The highest BCUT2D eigenvalue weighted by molar-refractivity contribution is 7.93. The average Bonchev–Trinajstić information content (AvgIpc) is 4.12. The molecule has 3 saturated heterocycles. The molecule has 18 heteroatoms. The number of aromatic amines is 1. The number of hydrogen-bond acceptors (Lipinski definition) is 13. The fraction of sp³-hybridized carbons (Fsp3) is 0.500. The van der Waals surface area contributed by atoms with E-state index in [2.05, 4.69) is 66.0 Å². The first kappa shape index (κ1) is 46.2. The molecule has 5 aromatic rings. The summed E-state index contributed by atoms with van der Waals surface area (Å²) in [4.78, 5) is 41.8. The Kier molecular flexibility index (Phi) is 12.9. The predicted octanol–water partition coefficient (Wildman–Crippen LogP) is 9.16. The van der Waals surface area contributed by atoms with Crippen LogP contribution < -0.4 is 19.7 Å². The number of nitrogens with one attached hydrogen (secondary N) is 3. The summed E-state index contributed by atoms with van der Waals surface area (Å²) in [6, 6.07) is 19.8. The second-order valence-corrected chi connectivity index (χ2v) is 23.9. The topological polar surface area (TPSA) is 205 Å². The van der Waals surface area contributed by atoms with Gasteiger partial charge in [-0.25, -0.2) is 31.7 Å². The number of sulfonamides is 1. The van der Waals surface area contributed by atoms with E-state index in [-0.39, 0.29) is 29.1 Å². The Morgan fingerprint density at radius 1 is 0.971 bits per heavy atom. The largest absolute Gasteiger partial charge is 0.455 e. The number of amides is 1. The van der Waals surface area contributed by atoms with Crippen LogP contribution >= 0.6 is 0 Å². The standard InChI is InChI=1S/C50H61N9O7S2/c1-2-35-8-3-4-9-42(35)44-10-7-21-58(44)39-29-50(30-39)18-22-57(23-19-50)38-15-16-43(46(27-38)66-40-26-36-17-20-51-47(36)53-32-40)49(60)56-68(64,65)41-28-45(59(61)62)48(54-33-41)52-31-34-11-13-37(14-12-34)55-67(63)24-5-6-25-67/h3-4,8-9,15-17,20,26-28,32-34,37,39,44H,2,5-7,10-14,18-19,21-25,29-31H2,1H3,(H,51,53)(H,52,54)(H,56,60)/t34?,37?,44-/m0/s1. The zero-order valence-electron chi connectivity index (χ0n) is 38.6. The van der Waals surface area contributed by atoms with Crippen molar-refractivity contribution in [2.75, 3.05) is 47.9 Å². The molecule has 3 aliphatic heterocycles. The Hall–Kier alpha value is -5.59. The summed E-state index contributed by atoms with van der Waals surface area (Å²) in [5, 5.41) is 16.1. The number of ether oxygens (including phenoxy) is 1. The SMILES string of the molecule is CCc1ccccc1[C@@H]1CCCN1C1CC2(CCN(c3ccc(C(=O)NS(=O)(=O)c4cnc(NCC5CCC(N=S6(=O)CCCC6)CC5)c([N+](=O)[O-])c4)c(Oc4cnc5[nH]ccc5c4)c3)CC2)C1. The van der Waals surface area contributed by atoms with E-state index in [0.717, 1.165) is 101 Å². The monoisotopic (exact) mass is 963 g/mol. The lowest BCUT2D eigenvalue weighted by Crippen LogP contribution is -2.54. The number of likely N-dealkylation sites (tertiary alicyclic amines) is 1. The van der Waals surface area contributed by atoms with E-state index in [0.29, 0.717) is 46.9 Å². The molecule has 5 fully saturated rings. The molecule has 5 aliphatic rings. The highest BCUT2D eigenvalue weighted by Crippen LogP contribution is 2.54. The number of fused-ring (bicyclic) bond motifs is 1. The molecule has 3 aromatic heterocycles. The quantitative estimate of drug-likeness (QED) is 0.0704. The van der Waals surface area contributed by atoms with Crippen molar-refractivity contribution in [2.24, 2.45) is 15.7 Å². The molecule has 0 bridgehead atoms. The van der Waals surface area contributed by atoms with Crippen LogP contribution in [0.4, 0.5) is 17.2 Å². The van der Waals surface area contributed by atoms with Gasteiger partial charge in [0, 0.05) is 82.4 Å². The second kappa shape index (κ2) is 19.1. The molecule has 10 rings (SSSR count). The van der Waals surface area contributed by atoms with E-state index in [9.17, 15) is 27.5 Å². The van der Waals surface area contributed by atoms with Gasteiger partial charge in [-0.05, 0) is 137 Å². The maximum atomic E-state index is 14.0. The number of aromatic nitrogens is 3. The molecule has 68 heavy (non-hydrogen) atoms. The number of rotatable bonds is 14. The molecule has 0 unspecified atom stereocenters. The Labute approximate surface area is 398 Å². The Morgan fingerprint density at radius 3 is 2.51 bits per heavy atom. The molecule has 0 radical (unpaired) electrons. The summed E-state index contributed by atoms with van der Waals surface area (Å²) in [6.45, 7) is 5.47. The second-order valence-electron chi connectivity index (χ2n) is 19.6. The number of carbonyl (C=O) groups is 1. The third kappa shape index (κ3) is 9.68. The summed E-state index contributed by atoms with van der Waals surface area (Å²) in [5.74, 6) is 1.03. The average molecular weight is 964 g/mol. The Morgan fingerprint density at radius 2 is 1.75 bits per heavy atom. The number of nitro groups is 1. The maximum Gasteiger partial charge on any atom is 0.312 e. The zero-order valence-corrected chi connectivity index (χ0v) is 40.2. The molecule has 6 heterocycles. The number of aryl methyl sites for hydroxylation is 1. The van der Waals surface area contributed by atoms with E-state index in [1.165, 1.54) is 43.0 Å². The number of carbonyl (C=O) groups excluding carboxylic acids is 1. The Bertz CT molecular complexity index is 2920. The molecule has 2 aliphatic carbocycles. The van der Waals surface area contributed by atoms with Gasteiger partial charge < -0.3 is 19.9 Å². The van der Waals surface area contributed by atoms with Gasteiger partial charge in [-0.2, -0.15) is 0 Å². The van der Waals surface area contributed by atoms with Crippen molar-refractivity contribution in [3.8, 4) is 11.5 Å². The summed E-state index contributed by atoms with van der Waals surface area (Å²) < 4.78 is 53.7. The molecule has 1 amide bonds. The van der Waals surface area contributed by atoms with Crippen LogP contribution in [-0.2, 0) is 26.2 Å². The minimum atomic E-state index is -4.64. The predicted molar refractivity (Wildman–Crippen MR) is 263 cm³/mol. The highest BCUT2D eigenvalue weighted by atomic mass is 32.2. The molecule has 16 nitrogen and oxygen atoms in total. The fourth-order valence-electron chi connectivity index (χ4n) is 11.6. The molecule has 1 spiro atoms. The van der Waals surface area contributed by atoms with Gasteiger partial charge in [0.25, 0.3) is 15.9 Å². The van der Waals surface area contributed by atoms with Gasteiger partial charge in [-0.3, -0.25) is 19.8 Å². The normalized spacial score (nSPS) is 22.8. The number of benzene rings is 2. The number of pyridine rings is 2. The fourth-order valence-corrected chi connectivity index (χ4v) is 15.0. The number of piperidine rings is 1. The Balaban J connectivity index is 0.812. The lowest BCUT2D eigenvalue weighted by atomic mass is 9.59. The number of H-pyrrole nitrogens is 1. The van der Waals surface area contributed by atoms with E-state index in [1.807, 2.05) is 12.1 Å². The molecule has 1 atom stereocenters. The van der Waals surface area contributed by atoms with Crippen LogP contribution in [-0.4, -0.2) is 93.1 Å². The smallest absolute Gasteiger partial charge is 0.312 e. The summed E-state index contributed by atoms with van der Waals surface area (Å²) in [5.41, 5.74) is 4.21. The lowest BCUT2D eigenvalue weighted by molar-refractivity contribution is -0.384.